The van der Waals surface area contributed by atoms with Crippen LogP contribution in [0.1, 0.15) is 47.3 Å². The van der Waals surface area contributed by atoms with Crippen LogP contribution in [0.4, 0.5) is 4.39 Å². The summed E-state index contributed by atoms with van der Waals surface area (Å²) < 4.78 is 13.8. The van der Waals surface area contributed by atoms with Crippen molar-refractivity contribution in [1.29, 1.82) is 0 Å². The number of nitrogens with zero attached hydrogens (tertiary/aromatic N) is 2. The Labute approximate surface area is 187 Å². The summed E-state index contributed by atoms with van der Waals surface area (Å²) in [5.74, 6) is -0.192. The molecule has 5 rings (SSSR count). The van der Waals surface area contributed by atoms with Crippen molar-refractivity contribution in [3.63, 3.8) is 0 Å². The van der Waals surface area contributed by atoms with E-state index in [1.807, 2.05) is 65.3 Å². The number of halogens is 1. The molecule has 3 aromatic carbocycles. The van der Waals surface area contributed by atoms with Crippen LogP contribution in [0, 0.1) is 11.7 Å². The van der Waals surface area contributed by atoms with Crippen molar-refractivity contribution in [2.24, 2.45) is 5.92 Å². The maximum absolute atomic E-state index is 13.8. The van der Waals surface area contributed by atoms with E-state index in [4.69, 9.17) is 0 Å². The summed E-state index contributed by atoms with van der Waals surface area (Å²) in [6, 6.07) is 18.5. The van der Waals surface area contributed by atoms with Gasteiger partial charge in [-0.15, -0.1) is 0 Å². The molecule has 1 atom stereocenters. The summed E-state index contributed by atoms with van der Waals surface area (Å²) in [6.45, 7) is 3.79. The van der Waals surface area contributed by atoms with Crippen molar-refractivity contribution in [1.82, 2.24) is 9.80 Å². The van der Waals surface area contributed by atoms with Crippen LogP contribution >= 0.6 is 0 Å². The van der Waals surface area contributed by atoms with Gasteiger partial charge in [-0.05, 0) is 66.3 Å². The highest BCUT2D eigenvalue weighted by molar-refractivity contribution is 6.07. The molecule has 5 heteroatoms. The fraction of sp³-hybridized carbons (Fsp3) is 0.333. The van der Waals surface area contributed by atoms with Crippen molar-refractivity contribution in [3.8, 4) is 0 Å². The van der Waals surface area contributed by atoms with Crippen LogP contribution in [0.25, 0.3) is 10.8 Å². The normalized spacial score (nSPS) is 19.1. The standard InChI is InChI=1S/C27H27FN2O2/c1-18-25-17-22(28)10-9-20(25)13-16-30(18)26(31)21-11-14-29(15-12-21)27(32)24-8-4-6-19-5-2-3-7-23(19)24/h2-10,17-18,21H,11-16H2,1H3. The first-order valence-corrected chi connectivity index (χ1v) is 11.4. The molecule has 1 saturated heterocycles. The second-order valence-corrected chi connectivity index (χ2v) is 8.89. The van der Waals surface area contributed by atoms with Crippen LogP contribution in [-0.2, 0) is 11.2 Å². The molecule has 2 heterocycles. The Morgan fingerprint density at radius 3 is 2.50 bits per heavy atom. The highest BCUT2D eigenvalue weighted by Crippen LogP contribution is 2.33. The van der Waals surface area contributed by atoms with E-state index in [2.05, 4.69) is 0 Å². The van der Waals surface area contributed by atoms with E-state index in [0.717, 1.165) is 33.9 Å². The smallest absolute Gasteiger partial charge is 0.254 e. The molecule has 0 spiro atoms. The Hall–Kier alpha value is -3.21. The van der Waals surface area contributed by atoms with E-state index >= 15 is 0 Å². The maximum Gasteiger partial charge on any atom is 0.254 e. The van der Waals surface area contributed by atoms with Gasteiger partial charge in [0.15, 0.2) is 0 Å². The second kappa shape index (κ2) is 8.38. The minimum absolute atomic E-state index is 0.0310. The van der Waals surface area contributed by atoms with Crippen molar-refractivity contribution in [2.75, 3.05) is 19.6 Å². The average molecular weight is 431 g/mol. The van der Waals surface area contributed by atoms with Gasteiger partial charge in [0.2, 0.25) is 5.91 Å². The van der Waals surface area contributed by atoms with Crippen molar-refractivity contribution < 1.29 is 14.0 Å². The number of rotatable bonds is 2. The summed E-state index contributed by atoms with van der Waals surface area (Å²) in [7, 11) is 0. The molecule has 32 heavy (non-hydrogen) atoms. The minimum atomic E-state index is -0.259. The van der Waals surface area contributed by atoms with E-state index in [1.54, 1.807) is 6.07 Å². The zero-order valence-electron chi connectivity index (χ0n) is 18.3. The summed E-state index contributed by atoms with van der Waals surface area (Å²) in [5.41, 5.74) is 2.75. The molecule has 2 aliphatic rings. The lowest BCUT2D eigenvalue weighted by Gasteiger charge is -2.39. The monoisotopic (exact) mass is 430 g/mol. The lowest BCUT2D eigenvalue weighted by molar-refractivity contribution is -0.139. The van der Waals surface area contributed by atoms with Crippen LogP contribution in [0.15, 0.2) is 60.7 Å². The Kier molecular flexibility index (Phi) is 5.41. The molecule has 0 radical (unpaired) electrons. The number of piperidine rings is 1. The molecule has 4 nitrogen and oxygen atoms in total. The third-order valence-electron chi connectivity index (χ3n) is 7.08. The third kappa shape index (κ3) is 3.66. The quantitative estimate of drug-likeness (QED) is 0.576. The van der Waals surface area contributed by atoms with Gasteiger partial charge in [0, 0.05) is 31.1 Å². The van der Waals surface area contributed by atoms with Gasteiger partial charge in [-0.3, -0.25) is 9.59 Å². The molecule has 2 amide bonds. The Balaban J connectivity index is 1.26. The van der Waals surface area contributed by atoms with Gasteiger partial charge < -0.3 is 9.80 Å². The second-order valence-electron chi connectivity index (χ2n) is 8.89. The SMILES string of the molecule is CC1c2cc(F)ccc2CCN1C(=O)C1CCN(C(=O)c2cccc3ccccc23)CC1. The number of amides is 2. The van der Waals surface area contributed by atoms with Crippen molar-refractivity contribution in [3.05, 3.63) is 83.2 Å². The van der Waals surface area contributed by atoms with Crippen LogP contribution in [0.2, 0.25) is 0 Å². The molecular formula is C27H27FN2O2. The molecule has 2 aliphatic heterocycles. The van der Waals surface area contributed by atoms with Crippen molar-refractivity contribution in [2.45, 2.75) is 32.2 Å². The van der Waals surface area contributed by atoms with E-state index in [-0.39, 0.29) is 29.6 Å². The molecule has 0 bridgehead atoms. The number of likely N-dealkylation sites (tertiary alicyclic amines) is 1. The van der Waals surface area contributed by atoms with E-state index in [1.165, 1.54) is 6.07 Å². The number of carbonyl (C=O) groups excluding carboxylic acids is 2. The maximum atomic E-state index is 13.8. The number of fused-ring (bicyclic) bond motifs is 2. The largest absolute Gasteiger partial charge is 0.339 e. The molecule has 0 aliphatic carbocycles. The minimum Gasteiger partial charge on any atom is -0.339 e. The fourth-order valence-corrected chi connectivity index (χ4v) is 5.23. The number of hydrogen-bond acceptors (Lipinski definition) is 2. The van der Waals surface area contributed by atoms with Crippen molar-refractivity contribution >= 4 is 22.6 Å². The number of carbonyl (C=O) groups is 2. The van der Waals surface area contributed by atoms with Crippen LogP contribution in [0.5, 0.6) is 0 Å². The van der Waals surface area contributed by atoms with Gasteiger partial charge in [0.1, 0.15) is 5.82 Å². The van der Waals surface area contributed by atoms with Gasteiger partial charge in [-0.1, -0.05) is 42.5 Å². The number of hydrogen-bond donors (Lipinski definition) is 0. The molecule has 0 saturated carbocycles. The predicted octanol–water partition coefficient (Wildman–Crippen LogP) is 4.98. The van der Waals surface area contributed by atoms with E-state index in [0.29, 0.717) is 32.5 Å². The fourth-order valence-electron chi connectivity index (χ4n) is 5.23. The summed E-state index contributed by atoms with van der Waals surface area (Å²) in [6.07, 6.45) is 2.08. The molecule has 1 unspecified atom stereocenters. The third-order valence-corrected chi connectivity index (χ3v) is 7.08. The molecule has 3 aromatic rings. The summed E-state index contributed by atoms with van der Waals surface area (Å²) >= 11 is 0. The molecule has 164 valence electrons. The topological polar surface area (TPSA) is 40.6 Å². The lowest BCUT2D eigenvalue weighted by Crippen LogP contribution is -2.46. The highest BCUT2D eigenvalue weighted by atomic mass is 19.1. The van der Waals surface area contributed by atoms with Gasteiger partial charge in [0.25, 0.3) is 5.91 Å². The molecule has 0 N–H and O–H groups in total. The van der Waals surface area contributed by atoms with Gasteiger partial charge >= 0.3 is 0 Å². The molecular weight excluding hydrogens is 403 g/mol. The highest BCUT2D eigenvalue weighted by Gasteiger charge is 2.35. The van der Waals surface area contributed by atoms with Gasteiger partial charge in [-0.25, -0.2) is 4.39 Å². The van der Waals surface area contributed by atoms with E-state index in [9.17, 15) is 14.0 Å². The van der Waals surface area contributed by atoms with Crippen LogP contribution < -0.4 is 0 Å². The first-order chi connectivity index (χ1) is 15.5. The summed E-state index contributed by atoms with van der Waals surface area (Å²) in [5, 5.41) is 2.02. The zero-order valence-corrected chi connectivity index (χ0v) is 18.3. The number of benzene rings is 3. The average Bonchev–Trinajstić information content (AvgIpc) is 2.83. The summed E-state index contributed by atoms with van der Waals surface area (Å²) in [4.78, 5) is 30.3. The Bertz CT molecular complexity index is 1180. The zero-order chi connectivity index (χ0) is 22.2. The molecule has 0 aromatic heterocycles. The predicted molar refractivity (Wildman–Crippen MR) is 123 cm³/mol. The van der Waals surface area contributed by atoms with Gasteiger partial charge in [-0.2, -0.15) is 0 Å². The van der Waals surface area contributed by atoms with Crippen LogP contribution in [0.3, 0.4) is 0 Å². The first kappa shape index (κ1) is 20.7. The lowest BCUT2D eigenvalue weighted by atomic mass is 9.89. The van der Waals surface area contributed by atoms with E-state index < -0.39 is 0 Å². The van der Waals surface area contributed by atoms with Gasteiger partial charge in [0.05, 0.1) is 6.04 Å². The Morgan fingerprint density at radius 2 is 1.69 bits per heavy atom. The Morgan fingerprint density at radius 1 is 0.938 bits per heavy atom. The molecule has 1 fully saturated rings. The first-order valence-electron chi connectivity index (χ1n) is 11.4. The van der Waals surface area contributed by atoms with Crippen LogP contribution in [-0.4, -0.2) is 41.2 Å².